The second kappa shape index (κ2) is 8.16. The van der Waals surface area contributed by atoms with Gasteiger partial charge in [0.1, 0.15) is 17.9 Å². The highest BCUT2D eigenvalue weighted by Gasteiger charge is 2.34. The van der Waals surface area contributed by atoms with E-state index in [9.17, 15) is 9.59 Å². The lowest BCUT2D eigenvalue weighted by molar-refractivity contribution is -0.122. The molecule has 0 unspecified atom stereocenters. The molecule has 27 heavy (non-hydrogen) atoms. The zero-order chi connectivity index (χ0) is 19.4. The van der Waals surface area contributed by atoms with E-state index in [0.29, 0.717) is 17.0 Å². The Labute approximate surface area is 170 Å². The highest BCUT2D eigenvalue weighted by molar-refractivity contribution is 9.10. The van der Waals surface area contributed by atoms with E-state index in [1.807, 2.05) is 0 Å². The summed E-state index contributed by atoms with van der Waals surface area (Å²) in [7, 11) is 0. The number of anilines is 1. The summed E-state index contributed by atoms with van der Waals surface area (Å²) in [6, 6.07) is 14.0. The summed E-state index contributed by atoms with van der Waals surface area (Å²) < 4.78 is 6.18. The fourth-order valence-corrected chi connectivity index (χ4v) is 2.98. The first-order chi connectivity index (χ1) is 13.0. The molecule has 1 aliphatic rings. The van der Waals surface area contributed by atoms with Gasteiger partial charge in [-0.2, -0.15) is 0 Å². The smallest absolute Gasteiger partial charge is 0.270 e. The van der Waals surface area contributed by atoms with E-state index in [-0.39, 0.29) is 17.3 Å². The van der Waals surface area contributed by atoms with Crippen molar-refractivity contribution in [2.24, 2.45) is 0 Å². The van der Waals surface area contributed by atoms with Gasteiger partial charge >= 0.3 is 0 Å². The van der Waals surface area contributed by atoms with Gasteiger partial charge in [0.2, 0.25) is 0 Å². The van der Waals surface area contributed by atoms with Gasteiger partial charge < -0.3 is 4.74 Å². The third-order valence-corrected chi connectivity index (χ3v) is 4.51. The topological polar surface area (TPSA) is 58.6 Å². The summed E-state index contributed by atoms with van der Waals surface area (Å²) in [6.45, 7) is 0.168. The fraction of sp³-hybridized carbons (Fsp3) is 0.0500. The van der Waals surface area contributed by atoms with E-state index in [4.69, 9.17) is 23.4 Å². The van der Waals surface area contributed by atoms with Crippen molar-refractivity contribution in [3.63, 3.8) is 0 Å². The SMILES string of the molecule is C#CCOc1ccc(/C=C2/C(=O)NC(=S)N(c3ccc(Br)cc3)C2=O)cc1. The van der Waals surface area contributed by atoms with E-state index in [2.05, 4.69) is 27.2 Å². The van der Waals surface area contributed by atoms with Crippen molar-refractivity contribution in [3.05, 3.63) is 64.1 Å². The molecule has 0 aromatic heterocycles. The second-order valence-electron chi connectivity index (χ2n) is 5.50. The minimum absolute atomic E-state index is 0.0104. The van der Waals surface area contributed by atoms with Crippen LogP contribution in [0.3, 0.4) is 0 Å². The average Bonchev–Trinajstić information content (AvgIpc) is 2.66. The number of nitrogens with zero attached hydrogens (tertiary/aromatic N) is 1. The Kier molecular flexibility index (Phi) is 5.69. The first-order valence-electron chi connectivity index (χ1n) is 7.83. The molecule has 134 valence electrons. The Balaban J connectivity index is 1.89. The lowest BCUT2D eigenvalue weighted by atomic mass is 10.1. The van der Waals surface area contributed by atoms with Crippen molar-refractivity contribution in [1.29, 1.82) is 0 Å². The molecule has 1 saturated heterocycles. The van der Waals surface area contributed by atoms with Gasteiger partial charge in [-0.15, -0.1) is 6.42 Å². The molecular weight excluding hydrogens is 428 g/mol. The maximum atomic E-state index is 12.9. The quantitative estimate of drug-likeness (QED) is 0.343. The predicted octanol–water partition coefficient (Wildman–Crippen LogP) is 3.29. The standard InChI is InChI=1S/C20H13BrN2O3S/c1-2-11-26-16-9-3-13(4-10-16)12-17-18(24)22-20(27)23(19(17)25)15-7-5-14(21)6-8-15/h1,3-10,12H,11H2,(H,22,24,27)/b17-12-. The molecule has 0 bridgehead atoms. The van der Waals surface area contributed by atoms with Crippen LogP contribution in [0.1, 0.15) is 5.56 Å². The summed E-state index contributed by atoms with van der Waals surface area (Å²) in [4.78, 5) is 26.5. The van der Waals surface area contributed by atoms with Crippen LogP contribution >= 0.6 is 28.1 Å². The van der Waals surface area contributed by atoms with E-state index < -0.39 is 11.8 Å². The number of benzene rings is 2. The van der Waals surface area contributed by atoms with Gasteiger partial charge in [-0.3, -0.25) is 19.8 Å². The Morgan fingerprint density at radius 2 is 1.81 bits per heavy atom. The Morgan fingerprint density at radius 3 is 2.44 bits per heavy atom. The van der Waals surface area contributed by atoms with E-state index in [0.717, 1.165) is 4.47 Å². The van der Waals surface area contributed by atoms with Gasteiger partial charge in [0.25, 0.3) is 11.8 Å². The maximum Gasteiger partial charge on any atom is 0.270 e. The lowest BCUT2D eigenvalue weighted by Gasteiger charge is -2.29. The molecule has 0 radical (unpaired) electrons. The van der Waals surface area contributed by atoms with Crippen molar-refractivity contribution in [2.45, 2.75) is 0 Å². The van der Waals surface area contributed by atoms with Crippen molar-refractivity contribution in [1.82, 2.24) is 5.32 Å². The minimum atomic E-state index is -0.536. The van der Waals surface area contributed by atoms with Crippen LogP contribution in [0, 0.1) is 12.3 Å². The highest BCUT2D eigenvalue weighted by Crippen LogP contribution is 2.24. The Bertz CT molecular complexity index is 976. The van der Waals surface area contributed by atoms with E-state index in [1.165, 1.54) is 11.0 Å². The zero-order valence-electron chi connectivity index (χ0n) is 13.9. The number of carbonyl (C=O) groups excluding carboxylic acids is 2. The van der Waals surface area contributed by atoms with Crippen LogP contribution in [-0.2, 0) is 9.59 Å². The second-order valence-corrected chi connectivity index (χ2v) is 6.80. The van der Waals surface area contributed by atoms with Gasteiger partial charge in [0.15, 0.2) is 5.11 Å². The van der Waals surface area contributed by atoms with E-state index >= 15 is 0 Å². The number of hydrogen-bond acceptors (Lipinski definition) is 4. The first kappa shape index (κ1) is 18.8. The third kappa shape index (κ3) is 4.25. The van der Waals surface area contributed by atoms with Gasteiger partial charge in [0.05, 0.1) is 5.69 Å². The molecule has 0 atom stereocenters. The van der Waals surface area contributed by atoms with Crippen molar-refractivity contribution in [3.8, 4) is 18.1 Å². The first-order valence-corrected chi connectivity index (χ1v) is 9.03. The van der Waals surface area contributed by atoms with Gasteiger partial charge in [-0.25, -0.2) is 0 Å². The molecule has 2 aromatic rings. The van der Waals surface area contributed by atoms with Gasteiger partial charge in [-0.05, 0) is 60.3 Å². The van der Waals surface area contributed by atoms with Crippen molar-refractivity contribution < 1.29 is 14.3 Å². The summed E-state index contributed by atoms with van der Waals surface area (Å²) in [6.07, 6.45) is 6.67. The number of nitrogens with one attached hydrogen (secondary N) is 1. The minimum Gasteiger partial charge on any atom is -0.481 e. The number of hydrogen-bond donors (Lipinski definition) is 1. The number of halogens is 1. The van der Waals surface area contributed by atoms with Gasteiger partial charge in [0, 0.05) is 4.47 Å². The monoisotopic (exact) mass is 440 g/mol. The lowest BCUT2D eigenvalue weighted by Crippen LogP contribution is -2.54. The van der Waals surface area contributed by atoms with Crippen molar-refractivity contribution in [2.75, 3.05) is 11.5 Å². The summed E-state index contributed by atoms with van der Waals surface area (Å²) in [5, 5.41) is 2.60. The van der Waals surface area contributed by atoms with Crippen LogP contribution in [0.5, 0.6) is 5.75 Å². The molecule has 5 nitrogen and oxygen atoms in total. The Hall–Kier alpha value is -2.95. The molecule has 0 saturated carbocycles. The van der Waals surface area contributed by atoms with Crippen LogP contribution < -0.4 is 15.0 Å². The predicted molar refractivity (Wildman–Crippen MR) is 111 cm³/mol. The summed E-state index contributed by atoms with van der Waals surface area (Å²) >= 11 is 8.52. The van der Waals surface area contributed by atoms with Crippen LogP contribution in [0.15, 0.2) is 58.6 Å². The van der Waals surface area contributed by atoms with Crippen LogP contribution in [0.25, 0.3) is 6.08 Å². The average molecular weight is 441 g/mol. The fourth-order valence-electron chi connectivity index (χ4n) is 2.43. The van der Waals surface area contributed by atoms with Crippen LogP contribution in [0.4, 0.5) is 5.69 Å². The molecule has 0 aliphatic carbocycles. The molecule has 1 N–H and O–H groups in total. The third-order valence-electron chi connectivity index (χ3n) is 3.70. The number of thiocarbonyl (C=S) groups is 1. The largest absolute Gasteiger partial charge is 0.481 e. The molecule has 3 rings (SSSR count). The maximum absolute atomic E-state index is 12.9. The number of amides is 2. The normalized spacial score (nSPS) is 15.5. The van der Waals surface area contributed by atoms with Crippen LogP contribution in [0.2, 0.25) is 0 Å². The number of terminal acetylenes is 1. The molecule has 1 fully saturated rings. The molecule has 2 amide bonds. The number of ether oxygens (including phenoxy) is 1. The number of rotatable bonds is 4. The Morgan fingerprint density at radius 1 is 1.15 bits per heavy atom. The molecule has 2 aromatic carbocycles. The molecular formula is C20H13BrN2O3S. The van der Waals surface area contributed by atoms with Gasteiger partial charge in [-0.1, -0.05) is 34.0 Å². The molecule has 7 heteroatoms. The zero-order valence-corrected chi connectivity index (χ0v) is 16.3. The number of carbonyl (C=O) groups is 2. The van der Waals surface area contributed by atoms with E-state index in [1.54, 1.807) is 48.5 Å². The summed E-state index contributed by atoms with van der Waals surface area (Å²) in [5.74, 6) is 1.96. The van der Waals surface area contributed by atoms with Crippen molar-refractivity contribution >= 4 is 56.8 Å². The summed E-state index contributed by atoms with van der Waals surface area (Å²) in [5.41, 5.74) is 1.23. The molecule has 1 heterocycles. The molecule has 1 aliphatic heterocycles. The highest BCUT2D eigenvalue weighted by atomic mass is 79.9. The van der Waals surface area contributed by atoms with Crippen LogP contribution in [-0.4, -0.2) is 23.5 Å². The molecule has 0 spiro atoms.